The molecule has 1 aliphatic carbocycles. The molecule has 4 aliphatic heterocycles. The number of likely N-dealkylation sites (tertiary alicyclic amines) is 1. The molecule has 0 bridgehead atoms. The number of anilines is 3. The average molecular weight is 463 g/mol. The van der Waals surface area contributed by atoms with Gasteiger partial charge in [0, 0.05) is 61.6 Å². The van der Waals surface area contributed by atoms with E-state index >= 15 is 0 Å². The minimum Gasteiger partial charge on any atom is -0.485 e. The molecule has 0 radical (unpaired) electrons. The average Bonchev–Trinajstić information content (AvgIpc) is 3.70. The van der Waals surface area contributed by atoms with Crippen molar-refractivity contribution in [3.8, 4) is 5.75 Å². The van der Waals surface area contributed by atoms with Crippen molar-refractivity contribution in [1.82, 2.24) is 20.2 Å². The first-order valence-corrected chi connectivity index (χ1v) is 13.0. The first-order valence-electron chi connectivity index (χ1n) is 13.0. The van der Waals surface area contributed by atoms with Crippen LogP contribution in [0.1, 0.15) is 54.5 Å². The van der Waals surface area contributed by atoms with Gasteiger partial charge in [-0.2, -0.15) is 0 Å². The van der Waals surface area contributed by atoms with Gasteiger partial charge in [0.05, 0.1) is 30.2 Å². The Morgan fingerprint density at radius 3 is 2.53 bits per heavy atom. The highest BCUT2D eigenvalue weighted by molar-refractivity contribution is 5.74. The van der Waals surface area contributed by atoms with E-state index in [9.17, 15) is 0 Å². The van der Waals surface area contributed by atoms with Gasteiger partial charge in [-0.1, -0.05) is 0 Å². The van der Waals surface area contributed by atoms with E-state index < -0.39 is 0 Å². The molecule has 0 unspecified atom stereocenters. The second-order valence-corrected chi connectivity index (χ2v) is 10.4. The minimum atomic E-state index is 0.518. The van der Waals surface area contributed by atoms with Crippen molar-refractivity contribution in [3.05, 3.63) is 35.3 Å². The SMILES string of the molecule is c1cc(N2CCOCC2)c2c(n1)Nc1cc(C3CCN(C4CNC4)CC3)nc(C3CC3)c1OC2. The van der Waals surface area contributed by atoms with Crippen LogP contribution in [-0.2, 0) is 11.3 Å². The number of nitrogens with one attached hydrogen (secondary N) is 2. The molecule has 2 N–H and O–H groups in total. The second-order valence-electron chi connectivity index (χ2n) is 10.4. The molecule has 8 nitrogen and oxygen atoms in total. The number of hydrogen-bond donors (Lipinski definition) is 2. The number of fused-ring (bicyclic) bond motifs is 2. The molecule has 180 valence electrons. The van der Waals surface area contributed by atoms with Gasteiger partial charge in [0.2, 0.25) is 0 Å². The lowest BCUT2D eigenvalue weighted by atomic mass is 9.91. The van der Waals surface area contributed by atoms with Gasteiger partial charge in [-0.15, -0.1) is 0 Å². The van der Waals surface area contributed by atoms with Gasteiger partial charge >= 0.3 is 0 Å². The van der Waals surface area contributed by atoms with Crippen LogP contribution in [0.15, 0.2) is 18.3 Å². The number of aromatic nitrogens is 2. The zero-order valence-corrected chi connectivity index (χ0v) is 19.8. The normalized spacial score (nSPS) is 23.8. The van der Waals surface area contributed by atoms with Crippen LogP contribution >= 0.6 is 0 Å². The summed E-state index contributed by atoms with van der Waals surface area (Å²) in [5.74, 6) is 2.90. The fraction of sp³-hybridized carbons (Fsp3) is 0.615. The lowest BCUT2D eigenvalue weighted by molar-refractivity contribution is 0.112. The Morgan fingerprint density at radius 2 is 1.79 bits per heavy atom. The highest BCUT2D eigenvalue weighted by atomic mass is 16.5. The number of morpholine rings is 1. The lowest BCUT2D eigenvalue weighted by Crippen LogP contribution is -2.58. The Bertz CT molecular complexity index is 1060. The van der Waals surface area contributed by atoms with E-state index in [0.29, 0.717) is 18.4 Å². The third-order valence-corrected chi connectivity index (χ3v) is 8.20. The first kappa shape index (κ1) is 20.9. The third kappa shape index (κ3) is 3.82. The molecule has 0 spiro atoms. The molecule has 3 saturated heterocycles. The zero-order valence-electron chi connectivity index (χ0n) is 19.8. The molecule has 5 aliphatic rings. The first-order chi connectivity index (χ1) is 16.8. The molecular formula is C26H34N6O2. The minimum absolute atomic E-state index is 0.518. The molecule has 34 heavy (non-hydrogen) atoms. The van der Waals surface area contributed by atoms with Gasteiger partial charge in [0.15, 0.2) is 5.75 Å². The summed E-state index contributed by atoms with van der Waals surface area (Å²) >= 11 is 0. The summed E-state index contributed by atoms with van der Waals surface area (Å²) in [7, 11) is 0. The maximum atomic E-state index is 6.51. The zero-order chi connectivity index (χ0) is 22.5. The molecule has 4 fully saturated rings. The number of rotatable bonds is 4. The van der Waals surface area contributed by atoms with Gasteiger partial charge in [0.25, 0.3) is 0 Å². The maximum Gasteiger partial charge on any atom is 0.165 e. The molecule has 1 saturated carbocycles. The number of nitrogens with zero attached hydrogens (tertiary/aromatic N) is 4. The standard InChI is InChI=1S/C26H34N6O2/c1-2-18(1)24-25-22(13-21(29-24)17-4-7-31(8-5-17)19-14-27-15-19)30-26-20(16-34-25)23(3-6-28-26)32-9-11-33-12-10-32/h3,6,13,17-19,27H,1-2,4-5,7-12,14-16H2,(H,28,30). The summed E-state index contributed by atoms with van der Waals surface area (Å²) in [5, 5.41) is 7.09. The molecule has 7 rings (SSSR count). The van der Waals surface area contributed by atoms with Crippen molar-refractivity contribution in [2.45, 2.75) is 50.2 Å². The smallest absolute Gasteiger partial charge is 0.165 e. The summed E-state index contributed by atoms with van der Waals surface area (Å²) in [4.78, 5) is 15.0. The number of hydrogen-bond acceptors (Lipinski definition) is 8. The van der Waals surface area contributed by atoms with E-state index in [1.807, 2.05) is 6.20 Å². The van der Waals surface area contributed by atoms with E-state index in [0.717, 1.165) is 73.9 Å². The van der Waals surface area contributed by atoms with E-state index in [2.05, 4.69) is 32.6 Å². The van der Waals surface area contributed by atoms with Crippen molar-refractivity contribution >= 4 is 17.2 Å². The summed E-state index contributed by atoms with van der Waals surface area (Å²) in [6.07, 6.45) is 6.70. The van der Waals surface area contributed by atoms with Gasteiger partial charge in [-0.25, -0.2) is 4.98 Å². The summed E-state index contributed by atoms with van der Waals surface area (Å²) in [5.41, 5.74) is 5.77. The Labute approximate surface area is 201 Å². The summed E-state index contributed by atoms with van der Waals surface area (Å²) < 4.78 is 12.1. The number of pyridine rings is 2. The monoisotopic (exact) mass is 462 g/mol. The molecule has 2 aromatic heterocycles. The predicted molar refractivity (Wildman–Crippen MR) is 131 cm³/mol. The van der Waals surface area contributed by atoms with Crippen LogP contribution in [0, 0.1) is 0 Å². The van der Waals surface area contributed by atoms with Crippen LogP contribution in [0.3, 0.4) is 0 Å². The highest BCUT2D eigenvalue weighted by Crippen LogP contribution is 2.49. The van der Waals surface area contributed by atoms with Crippen molar-refractivity contribution in [3.63, 3.8) is 0 Å². The largest absolute Gasteiger partial charge is 0.485 e. The van der Waals surface area contributed by atoms with E-state index in [4.69, 9.17) is 19.4 Å². The van der Waals surface area contributed by atoms with Crippen LogP contribution in [-0.4, -0.2) is 73.4 Å². The van der Waals surface area contributed by atoms with Gasteiger partial charge < -0.3 is 25.0 Å². The van der Waals surface area contributed by atoms with E-state index in [1.54, 1.807) is 0 Å². The van der Waals surface area contributed by atoms with Gasteiger partial charge in [-0.3, -0.25) is 9.88 Å². The quantitative estimate of drug-likeness (QED) is 0.719. The highest BCUT2D eigenvalue weighted by Gasteiger charge is 2.35. The topological polar surface area (TPSA) is 74.8 Å². The predicted octanol–water partition coefficient (Wildman–Crippen LogP) is 2.98. The Kier molecular flexibility index (Phi) is 5.33. The fourth-order valence-electron chi connectivity index (χ4n) is 5.86. The molecule has 0 aromatic carbocycles. The molecule has 0 atom stereocenters. The lowest BCUT2D eigenvalue weighted by Gasteiger charge is -2.42. The van der Waals surface area contributed by atoms with Gasteiger partial charge in [-0.05, 0) is 50.9 Å². The molecule has 8 heteroatoms. The summed E-state index contributed by atoms with van der Waals surface area (Å²) in [6, 6.07) is 5.11. The fourth-order valence-corrected chi connectivity index (χ4v) is 5.86. The Morgan fingerprint density at radius 1 is 0.971 bits per heavy atom. The molecule has 6 heterocycles. The van der Waals surface area contributed by atoms with Crippen LogP contribution in [0.5, 0.6) is 5.75 Å². The van der Waals surface area contributed by atoms with Crippen LogP contribution in [0.25, 0.3) is 0 Å². The van der Waals surface area contributed by atoms with Crippen molar-refractivity contribution in [2.75, 3.05) is 62.7 Å². The van der Waals surface area contributed by atoms with Crippen molar-refractivity contribution in [1.29, 1.82) is 0 Å². The van der Waals surface area contributed by atoms with Crippen LogP contribution < -0.4 is 20.3 Å². The van der Waals surface area contributed by atoms with E-state index in [-0.39, 0.29) is 0 Å². The van der Waals surface area contributed by atoms with E-state index in [1.165, 1.54) is 50.2 Å². The van der Waals surface area contributed by atoms with Crippen LogP contribution in [0.4, 0.5) is 17.2 Å². The Balaban J connectivity index is 1.19. The maximum absolute atomic E-state index is 6.51. The van der Waals surface area contributed by atoms with Crippen molar-refractivity contribution in [2.24, 2.45) is 0 Å². The van der Waals surface area contributed by atoms with Crippen molar-refractivity contribution < 1.29 is 9.47 Å². The second kappa shape index (κ2) is 8.66. The Hall–Kier alpha value is -2.42. The third-order valence-electron chi connectivity index (χ3n) is 8.20. The number of piperidine rings is 1. The van der Waals surface area contributed by atoms with Gasteiger partial charge in [0.1, 0.15) is 12.4 Å². The molecule has 0 amide bonds. The number of ether oxygens (including phenoxy) is 2. The molecule has 2 aromatic rings. The summed E-state index contributed by atoms with van der Waals surface area (Å²) in [6.45, 7) is 8.49. The molecular weight excluding hydrogens is 428 g/mol. The van der Waals surface area contributed by atoms with Crippen LogP contribution in [0.2, 0.25) is 0 Å².